The summed E-state index contributed by atoms with van der Waals surface area (Å²) < 4.78 is 0. The SMILES string of the molecule is O=C(NCC(=O)N1CCNCC1)Nc1cccc(Cl)c1. The van der Waals surface area contributed by atoms with Crippen LogP contribution in [0.25, 0.3) is 0 Å². The minimum atomic E-state index is -0.421. The van der Waals surface area contributed by atoms with Gasteiger partial charge >= 0.3 is 6.03 Å². The zero-order valence-corrected chi connectivity index (χ0v) is 11.7. The Balaban J connectivity index is 1.75. The Morgan fingerprint density at radius 3 is 2.75 bits per heavy atom. The normalized spacial score (nSPS) is 14.8. The van der Waals surface area contributed by atoms with Crippen LogP contribution < -0.4 is 16.0 Å². The molecule has 0 unspecified atom stereocenters. The lowest BCUT2D eigenvalue weighted by atomic mass is 10.3. The monoisotopic (exact) mass is 296 g/mol. The molecule has 1 saturated heterocycles. The zero-order valence-electron chi connectivity index (χ0n) is 11.0. The molecule has 0 radical (unpaired) electrons. The number of nitrogens with zero attached hydrogens (tertiary/aromatic N) is 1. The summed E-state index contributed by atoms with van der Waals surface area (Å²) in [5.41, 5.74) is 0.588. The van der Waals surface area contributed by atoms with Crippen molar-refractivity contribution in [2.45, 2.75) is 0 Å². The van der Waals surface area contributed by atoms with Gasteiger partial charge in [0.05, 0.1) is 6.54 Å². The highest BCUT2D eigenvalue weighted by atomic mass is 35.5. The van der Waals surface area contributed by atoms with E-state index < -0.39 is 6.03 Å². The lowest BCUT2D eigenvalue weighted by molar-refractivity contribution is -0.130. The molecule has 7 heteroatoms. The van der Waals surface area contributed by atoms with Gasteiger partial charge in [-0.2, -0.15) is 0 Å². The van der Waals surface area contributed by atoms with E-state index in [0.29, 0.717) is 23.8 Å². The minimum absolute atomic E-state index is 0.00754. The van der Waals surface area contributed by atoms with Crippen molar-refractivity contribution in [1.29, 1.82) is 0 Å². The fourth-order valence-corrected chi connectivity index (χ4v) is 2.11. The Bertz CT molecular complexity index is 489. The molecule has 1 aromatic rings. The largest absolute Gasteiger partial charge is 0.339 e. The van der Waals surface area contributed by atoms with Gasteiger partial charge in [0.2, 0.25) is 5.91 Å². The Hall–Kier alpha value is -1.79. The highest BCUT2D eigenvalue weighted by Gasteiger charge is 2.16. The molecule has 0 atom stereocenters. The Morgan fingerprint density at radius 1 is 1.30 bits per heavy atom. The van der Waals surface area contributed by atoms with Crippen LogP contribution in [0.3, 0.4) is 0 Å². The quantitative estimate of drug-likeness (QED) is 0.776. The van der Waals surface area contributed by atoms with Crippen LogP contribution in [0.2, 0.25) is 5.02 Å². The van der Waals surface area contributed by atoms with Gasteiger partial charge in [0.1, 0.15) is 0 Å². The summed E-state index contributed by atoms with van der Waals surface area (Å²) in [5, 5.41) is 8.87. The third-order valence-corrected chi connectivity index (χ3v) is 3.19. The van der Waals surface area contributed by atoms with Crippen LogP contribution >= 0.6 is 11.6 Å². The van der Waals surface area contributed by atoms with Crippen LogP contribution in [0.15, 0.2) is 24.3 Å². The van der Waals surface area contributed by atoms with Gasteiger partial charge in [0.25, 0.3) is 0 Å². The van der Waals surface area contributed by atoms with Crippen molar-refractivity contribution in [2.75, 3.05) is 38.0 Å². The van der Waals surface area contributed by atoms with Gasteiger partial charge in [-0.25, -0.2) is 4.79 Å². The molecule has 6 nitrogen and oxygen atoms in total. The smallest absolute Gasteiger partial charge is 0.319 e. The van der Waals surface area contributed by atoms with Gasteiger partial charge in [0, 0.05) is 36.9 Å². The molecule has 0 bridgehead atoms. The van der Waals surface area contributed by atoms with Gasteiger partial charge < -0.3 is 20.9 Å². The summed E-state index contributed by atoms with van der Waals surface area (Å²) >= 11 is 5.82. The molecule has 1 aliphatic rings. The van der Waals surface area contributed by atoms with Crippen molar-refractivity contribution in [3.63, 3.8) is 0 Å². The van der Waals surface area contributed by atoms with E-state index in [0.717, 1.165) is 13.1 Å². The molecule has 1 aliphatic heterocycles. The topological polar surface area (TPSA) is 73.5 Å². The molecule has 108 valence electrons. The summed E-state index contributed by atoms with van der Waals surface area (Å²) in [6.45, 7) is 2.93. The third-order valence-electron chi connectivity index (χ3n) is 2.95. The van der Waals surface area contributed by atoms with Crippen molar-refractivity contribution in [3.8, 4) is 0 Å². The number of piperazine rings is 1. The summed E-state index contributed by atoms with van der Waals surface area (Å²) in [6, 6.07) is 6.40. The fourth-order valence-electron chi connectivity index (χ4n) is 1.92. The Morgan fingerprint density at radius 2 is 2.05 bits per heavy atom. The number of anilines is 1. The molecule has 20 heavy (non-hydrogen) atoms. The standard InChI is InChI=1S/C13H17ClN4O2/c14-10-2-1-3-11(8-10)17-13(20)16-9-12(19)18-6-4-15-5-7-18/h1-3,8,15H,4-7,9H2,(H2,16,17,20). The predicted octanol–water partition coefficient (Wildman–Crippen LogP) is 0.893. The number of carbonyl (C=O) groups excluding carboxylic acids is 2. The van der Waals surface area contributed by atoms with Crippen molar-refractivity contribution < 1.29 is 9.59 Å². The highest BCUT2D eigenvalue weighted by molar-refractivity contribution is 6.30. The van der Waals surface area contributed by atoms with Gasteiger partial charge in [-0.15, -0.1) is 0 Å². The first kappa shape index (κ1) is 14.6. The number of amides is 3. The molecule has 0 saturated carbocycles. The molecule has 1 fully saturated rings. The second-order valence-electron chi connectivity index (χ2n) is 4.45. The van der Waals surface area contributed by atoms with Gasteiger partial charge in [-0.05, 0) is 18.2 Å². The first-order valence-corrected chi connectivity index (χ1v) is 6.82. The van der Waals surface area contributed by atoms with E-state index in [2.05, 4.69) is 16.0 Å². The van der Waals surface area contributed by atoms with Crippen LogP contribution in [-0.4, -0.2) is 49.6 Å². The lowest BCUT2D eigenvalue weighted by Crippen LogP contribution is -2.49. The average Bonchev–Trinajstić information content (AvgIpc) is 2.46. The Kier molecular flexibility index (Phi) is 5.20. The van der Waals surface area contributed by atoms with Crippen LogP contribution in [0.5, 0.6) is 0 Å². The maximum Gasteiger partial charge on any atom is 0.319 e. The van der Waals surface area contributed by atoms with Crippen LogP contribution in [-0.2, 0) is 4.79 Å². The van der Waals surface area contributed by atoms with E-state index in [4.69, 9.17) is 11.6 Å². The van der Waals surface area contributed by atoms with Crippen molar-refractivity contribution >= 4 is 29.2 Å². The van der Waals surface area contributed by atoms with E-state index >= 15 is 0 Å². The molecular formula is C13H17ClN4O2. The predicted molar refractivity (Wildman–Crippen MR) is 77.9 cm³/mol. The number of urea groups is 1. The van der Waals surface area contributed by atoms with Crippen LogP contribution in [0.1, 0.15) is 0 Å². The number of nitrogens with one attached hydrogen (secondary N) is 3. The summed E-state index contributed by atoms with van der Waals surface area (Å²) in [7, 11) is 0. The van der Waals surface area contributed by atoms with E-state index in [-0.39, 0.29) is 12.5 Å². The second kappa shape index (κ2) is 7.12. The maximum atomic E-state index is 11.8. The maximum absolute atomic E-state index is 11.8. The summed E-state index contributed by atoms with van der Waals surface area (Å²) in [6.07, 6.45) is 0. The fraction of sp³-hybridized carbons (Fsp3) is 0.385. The van der Waals surface area contributed by atoms with E-state index in [1.165, 1.54) is 0 Å². The highest BCUT2D eigenvalue weighted by Crippen LogP contribution is 2.14. The Labute approximate surface area is 122 Å². The van der Waals surface area contributed by atoms with E-state index in [1.54, 1.807) is 29.2 Å². The number of halogens is 1. The van der Waals surface area contributed by atoms with Crippen LogP contribution in [0.4, 0.5) is 10.5 Å². The van der Waals surface area contributed by atoms with Crippen molar-refractivity contribution in [1.82, 2.24) is 15.5 Å². The van der Waals surface area contributed by atoms with Crippen molar-refractivity contribution in [2.24, 2.45) is 0 Å². The molecule has 0 aromatic heterocycles. The molecule has 1 heterocycles. The van der Waals surface area contributed by atoms with E-state index in [9.17, 15) is 9.59 Å². The summed E-state index contributed by atoms with van der Waals surface area (Å²) in [4.78, 5) is 25.2. The van der Waals surface area contributed by atoms with Crippen molar-refractivity contribution in [3.05, 3.63) is 29.3 Å². The molecular weight excluding hydrogens is 280 g/mol. The van der Waals surface area contributed by atoms with Crippen LogP contribution in [0, 0.1) is 0 Å². The molecule has 3 amide bonds. The molecule has 2 rings (SSSR count). The molecule has 0 spiro atoms. The number of rotatable bonds is 3. The summed E-state index contributed by atoms with van der Waals surface area (Å²) in [5.74, 6) is -0.0762. The van der Waals surface area contributed by atoms with Gasteiger partial charge in [-0.3, -0.25) is 4.79 Å². The first-order chi connectivity index (χ1) is 9.65. The number of hydrogen-bond acceptors (Lipinski definition) is 3. The van der Waals surface area contributed by atoms with Gasteiger partial charge in [-0.1, -0.05) is 17.7 Å². The molecule has 3 N–H and O–H groups in total. The average molecular weight is 297 g/mol. The first-order valence-electron chi connectivity index (χ1n) is 6.44. The minimum Gasteiger partial charge on any atom is -0.339 e. The zero-order chi connectivity index (χ0) is 14.4. The lowest BCUT2D eigenvalue weighted by Gasteiger charge is -2.27. The van der Waals surface area contributed by atoms with Gasteiger partial charge in [0.15, 0.2) is 0 Å². The molecule has 1 aromatic carbocycles. The third kappa shape index (κ3) is 4.40. The number of hydrogen-bond donors (Lipinski definition) is 3. The number of carbonyl (C=O) groups is 2. The number of benzene rings is 1. The van der Waals surface area contributed by atoms with E-state index in [1.807, 2.05) is 0 Å². The molecule has 0 aliphatic carbocycles. The second-order valence-corrected chi connectivity index (χ2v) is 4.89.